The third kappa shape index (κ3) is 4.21. The molecule has 0 radical (unpaired) electrons. The number of halogens is 3. The van der Waals surface area contributed by atoms with Crippen LogP contribution >= 0.6 is 0 Å². The van der Waals surface area contributed by atoms with Crippen LogP contribution in [-0.4, -0.2) is 25.0 Å². The fourth-order valence-electron chi connectivity index (χ4n) is 2.10. The van der Waals surface area contributed by atoms with Gasteiger partial charge < -0.3 is 5.73 Å². The summed E-state index contributed by atoms with van der Waals surface area (Å²) in [6.45, 7) is 2.99. The van der Waals surface area contributed by atoms with Crippen LogP contribution in [0.25, 0.3) is 0 Å². The second-order valence-corrected chi connectivity index (χ2v) is 4.73. The van der Waals surface area contributed by atoms with Gasteiger partial charge in [0.2, 0.25) is 0 Å². The molecule has 108 valence electrons. The molecular formula is C14H21F3N2. The van der Waals surface area contributed by atoms with E-state index < -0.39 is 23.5 Å². The Bertz CT molecular complexity index is 410. The van der Waals surface area contributed by atoms with Gasteiger partial charge in [0.25, 0.3) is 0 Å². The van der Waals surface area contributed by atoms with E-state index in [2.05, 4.69) is 6.92 Å². The summed E-state index contributed by atoms with van der Waals surface area (Å²) in [7, 11) is 1.81. The quantitative estimate of drug-likeness (QED) is 0.611. The van der Waals surface area contributed by atoms with Crippen molar-refractivity contribution in [2.75, 3.05) is 20.1 Å². The molecule has 19 heavy (non-hydrogen) atoms. The normalized spacial score (nSPS) is 13.0. The highest BCUT2D eigenvalue weighted by Crippen LogP contribution is 2.24. The van der Waals surface area contributed by atoms with Crippen molar-refractivity contribution in [3.63, 3.8) is 0 Å². The van der Waals surface area contributed by atoms with Crippen LogP contribution in [-0.2, 0) is 0 Å². The summed E-state index contributed by atoms with van der Waals surface area (Å²) >= 11 is 0. The molecule has 1 aromatic rings. The van der Waals surface area contributed by atoms with Crippen molar-refractivity contribution in [3.05, 3.63) is 35.1 Å². The monoisotopic (exact) mass is 274 g/mol. The maximum absolute atomic E-state index is 13.7. The SMILES string of the molecule is CCCCCN(C)C(CN)c1cc(F)c(F)cc1F. The van der Waals surface area contributed by atoms with Gasteiger partial charge in [-0.1, -0.05) is 19.8 Å². The number of nitrogens with zero attached hydrogens (tertiary/aromatic N) is 1. The standard InChI is InChI=1S/C14H21F3N2/c1-3-4-5-6-19(2)14(9-18)10-7-12(16)13(17)8-11(10)15/h7-8,14H,3-6,9,18H2,1-2H3. The van der Waals surface area contributed by atoms with Gasteiger partial charge in [-0.3, -0.25) is 4.90 Å². The third-order valence-electron chi connectivity index (χ3n) is 3.27. The van der Waals surface area contributed by atoms with Crippen LogP contribution in [0.15, 0.2) is 12.1 Å². The lowest BCUT2D eigenvalue weighted by molar-refractivity contribution is 0.239. The highest BCUT2D eigenvalue weighted by molar-refractivity contribution is 5.23. The molecule has 0 aliphatic carbocycles. The summed E-state index contributed by atoms with van der Waals surface area (Å²) in [5, 5.41) is 0. The van der Waals surface area contributed by atoms with Crippen molar-refractivity contribution in [1.82, 2.24) is 4.90 Å². The van der Waals surface area contributed by atoms with Gasteiger partial charge in [-0.2, -0.15) is 0 Å². The largest absolute Gasteiger partial charge is 0.329 e. The molecule has 2 N–H and O–H groups in total. The van der Waals surface area contributed by atoms with Crippen molar-refractivity contribution in [2.45, 2.75) is 32.2 Å². The molecule has 0 amide bonds. The Morgan fingerprint density at radius 1 is 1.11 bits per heavy atom. The third-order valence-corrected chi connectivity index (χ3v) is 3.27. The van der Waals surface area contributed by atoms with E-state index in [1.165, 1.54) is 0 Å². The zero-order chi connectivity index (χ0) is 14.4. The lowest BCUT2D eigenvalue weighted by Gasteiger charge is -2.27. The van der Waals surface area contributed by atoms with Gasteiger partial charge >= 0.3 is 0 Å². The molecule has 1 rings (SSSR count). The maximum Gasteiger partial charge on any atom is 0.161 e. The van der Waals surface area contributed by atoms with Crippen LogP contribution in [0.5, 0.6) is 0 Å². The first-order valence-electron chi connectivity index (χ1n) is 6.56. The van der Waals surface area contributed by atoms with Gasteiger partial charge in [0, 0.05) is 24.2 Å². The van der Waals surface area contributed by atoms with Gasteiger partial charge in [-0.15, -0.1) is 0 Å². The predicted octanol–water partition coefficient (Wildman–Crippen LogP) is 3.23. The number of rotatable bonds is 7. The van der Waals surface area contributed by atoms with Crippen LogP contribution in [0, 0.1) is 17.5 Å². The second kappa shape index (κ2) is 7.50. The Morgan fingerprint density at radius 2 is 1.74 bits per heavy atom. The summed E-state index contributed by atoms with van der Waals surface area (Å²) in [5.74, 6) is -2.97. The highest BCUT2D eigenvalue weighted by atomic mass is 19.2. The summed E-state index contributed by atoms with van der Waals surface area (Å²) in [6.07, 6.45) is 3.12. The van der Waals surface area contributed by atoms with E-state index in [-0.39, 0.29) is 12.1 Å². The first-order chi connectivity index (χ1) is 9.01. The van der Waals surface area contributed by atoms with E-state index in [4.69, 9.17) is 5.73 Å². The number of benzene rings is 1. The van der Waals surface area contributed by atoms with Gasteiger partial charge in [-0.25, -0.2) is 13.2 Å². The summed E-state index contributed by atoms with van der Waals surface area (Å²) < 4.78 is 39.9. The lowest BCUT2D eigenvalue weighted by atomic mass is 10.0. The van der Waals surface area contributed by atoms with Crippen LogP contribution in [0.2, 0.25) is 0 Å². The van der Waals surface area contributed by atoms with Crippen LogP contribution in [0.3, 0.4) is 0 Å². The number of hydrogen-bond acceptors (Lipinski definition) is 2. The summed E-state index contributed by atoms with van der Waals surface area (Å²) in [5.41, 5.74) is 5.75. The molecule has 0 heterocycles. The van der Waals surface area contributed by atoms with Crippen molar-refractivity contribution in [2.24, 2.45) is 5.73 Å². The van der Waals surface area contributed by atoms with E-state index in [9.17, 15) is 13.2 Å². The number of likely N-dealkylation sites (N-methyl/N-ethyl adjacent to an activating group) is 1. The van der Waals surface area contributed by atoms with E-state index in [1.807, 2.05) is 11.9 Å². The molecule has 0 saturated carbocycles. The van der Waals surface area contributed by atoms with Crippen molar-refractivity contribution < 1.29 is 13.2 Å². The van der Waals surface area contributed by atoms with Crippen LogP contribution < -0.4 is 5.73 Å². The summed E-state index contributed by atoms with van der Waals surface area (Å²) in [4.78, 5) is 1.88. The Morgan fingerprint density at radius 3 is 2.32 bits per heavy atom. The van der Waals surface area contributed by atoms with Gasteiger partial charge in [0.1, 0.15) is 5.82 Å². The van der Waals surface area contributed by atoms with Crippen molar-refractivity contribution in [3.8, 4) is 0 Å². The van der Waals surface area contributed by atoms with E-state index in [1.54, 1.807) is 0 Å². The van der Waals surface area contributed by atoms with Crippen LogP contribution in [0.1, 0.15) is 37.8 Å². The average molecular weight is 274 g/mol. The zero-order valence-corrected chi connectivity index (χ0v) is 11.4. The molecule has 1 atom stereocenters. The maximum atomic E-state index is 13.7. The molecule has 0 saturated heterocycles. The fraction of sp³-hybridized carbons (Fsp3) is 0.571. The fourth-order valence-corrected chi connectivity index (χ4v) is 2.10. The minimum Gasteiger partial charge on any atom is -0.329 e. The lowest BCUT2D eigenvalue weighted by Crippen LogP contribution is -2.32. The average Bonchev–Trinajstić information content (AvgIpc) is 2.36. The van der Waals surface area contributed by atoms with Crippen molar-refractivity contribution >= 4 is 0 Å². The predicted molar refractivity (Wildman–Crippen MR) is 70.3 cm³/mol. The highest BCUT2D eigenvalue weighted by Gasteiger charge is 2.21. The van der Waals surface area contributed by atoms with E-state index in [0.29, 0.717) is 6.07 Å². The molecule has 0 aromatic heterocycles. The molecule has 0 aliphatic rings. The van der Waals surface area contributed by atoms with Crippen LogP contribution in [0.4, 0.5) is 13.2 Å². The van der Waals surface area contributed by atoms with E-state index >= 15 is 0 Å². The van der Waals surface area contributed by atoms with Gasteiger partial charge in [-0.05, 0) is 26.1 Å². The summed E-state index contributed by atoms with van der Waals surface area (Å²) in [6, 6.07) is 1.04. The van der Waals surface area contributed by atoms with Crippen molar-refractivity contribution in [1.29, 1.82) is 0 Å². The van der Waals surface area contributed by atoms with E-state index in [0.717, 1.165) is 31.9 Å². The second-order valence-electron chi connectivity index (χ2n) is 4.73. The Hall–Kier alpha value is -1.07. The smallest absolute Gasteiger partial charge is 0.161 e. The topological polar surface area (TPSA) is 29.3 Å². The molecular weight excluding hydrogens is 253 g/mol. The molecule has 0 fully saturated rings. The number of unbranched alkanes of at least 4 members (excludes halogenated alkanes) is 2. The molecule has 2 nitrogen and oxygen atoms in total. The molecule has 5 heteroatoms. The molecule has 0 bridgehead atoms. The van der Waals surface area contributed by atoms with Gasteiger partial charge in [0.05, 0.1) is 0 Å². The Labute approximate surface area is 112 Å². The molecule has 0 aliphatic heterocycles. The zero-order valence-electron chi connectivity index (χ0n) is 11.4. The number of nitrogens with two attached hydrogens (primary N) is 1. The molecule has 0 spiro atoms. The first-order valence-corrected chi connectivity index (χ1v) is 6.56. The van der Waals surface area contributed by atoms with Gasteiger partial charge in [0.15, 0.2) is 11.6 Å². The minimum absolute atomic E-state index is 0.111. The minimum atomic E-state index is -1.18. The Kier molecular flexibility index (Phi) is 6.31. The number of hydrogen-bond donors (Lipinski definition) is 1. The molecule has 1 aromatic carbocycles. The Balaban J connectivity index is 2.87. The molecule has 1 unspecified atom stereocenters. The first kappa shape index (κ1) is 16.0.